The molecule has 2 aliphatic heterocycles. The average molecular weight is 440 g/mol. The van der Waals surface area contributed by atoms with Gasteiger partial charge in [-0.3, -0.25) is 14.5 Å². The van der Waals surface area contributed by atoms with E-state index in [0.29, 0.717) is 52.3 Å². The molecule has 2 fully saturated rings. The van der Waals surface area contributed by atoms with Crippen LogP contribution in [0.15, 0.2) is 46.9 Å². The lowest BCUT2D eigenvalue weighted by Crippen LogP contribution is -2.39. The Balaban J connectivity index is 1.38. The smallest absolute Gasteiger partial charge is 0.236 e. The molecule has 7 nitrogen and oxygen atoms in total. The first kappa shape index (κ1) is 22.6. The molecular weight excluding hydrogens is 406 g/mol. The fourth-order valence-electron chi connectivity index (χ4n) is 4.46. The van der Waals surface area contributed by atoms with Crippen LogP contribution in [0.2, 0.25) is 0 Å². The molecule has 1 aromatic carbocycles. The molecule has 0 N–H and O–H groups in total. The highest BCUT2D eigenvalue weighted by Crippen LogP contribution is 2.16. The number of hydrogen-bond acceptors (Lipinski definition) is 5. The molecule has 1 atom stereocenters. The number of furan rings is 1. The van der Waals surface area contributed by atoms with Crippen LogP contribution in [0, 0.1) is 6.92 Å². The first-order valence-electron chi connectivity index (χ1n) is 11.6. The molecular formula is C25H33N3O4. The highest BCUT2D eigenvalue weighted by molar-refractivity contribution is 5.79. The van der Waals surface area contributed by atoms with Crippen molar-refractivity contribution < 1.29 is 18.7 Å². The third kappa shape index (κ3) is 6.20. The summed E-state index contributed by atoms with van der Waals surface area (Å²) in [6.07, 6.45) is 2.29. The molecule has 2 saturated heterocycles. The van der Waals surface area contributed by atoms with Crippen molar-refractivity contribution in [2.24, 2.45) is 0 Å². The Kier molecular flexibility index (Phi) is 7.60. The molecule has 0 aliphatic carbocycles. The van der Waals surface area contributed by atoms with Crippen LogP contribution in [0.3, 0.4) is 0 Å². The van der Waals surface area contributed by atoms with Crippen molar-refractivity contribution in [1.82, 2.24) is 14.7 Å². The third-order valence-corrected chi connectivity index (χ3v) is 6.13. The fraction of sp³-hybridized carbons (Fsp3) is 0.520. The van der Waals surface area contributed by atoms with Gasteiger partial charge in [-0.05, 0) is 37.5 Å². The van der Waals surface area contributed by atoms with Gasteiger partial charge in [0, 0.05) is 39.1 Å². The van der Waals surface area contributed by atoms with Crippen LogP contribution >= 0.6 is 0 Å². The molecule has 172 valence electrons. The molecule has 0 radical (unpaired) electrons. The molecule has 0 bridgehead atoms. The summed E-state index contributed by atoms with van der Waals surface area (Å²) < 4.78 is 12.0. The minimum absolute atomic E-state index is 0.0915. The van der Waals surface area contributed by atoms with Gasteiger partial charge in [-0.25, -0.2) is 0 Å². The second kappa shape index (κ2) is 10.8. The SMILES string of the molecule is Cc1ccc(CN2CC(=O)N(CCCN3CCCC3=O)CC(OCc3ccccc3)C2)o1. The summed E-state index contributed by atoms with van der Waals surface area (Å²) in [5.41, 5.74) is 1.12. The number of aryl methyl sites for hydroxylation is 1. The van der Waals surface area contributed by atoms with E-state index in [0.717, 1.165) is 36.5 Å². The Bertz CT molecular complexity index is 898. The summed E-state index contributed by atoms with van der Waals surface area (Å²) in [6.45, 7) is 6.79. The Morgan fingerprint density at radius 3 is 2.53 bits per heavy atom. The number of hydrogen-bond donors (Lipinski definition) is 0. The molecule has 2 amide bonds. The van der Waals surface area contributed by atoms with Crippen molar-refractivity contribution in [3.05, 3.63) is 59.5 Å². The minimum Gasteiger partial charge on any atom is -0.465 e. The second-order valence-corrected chi connectivity index (χ2v) is 8.78. The van der Waals surface area contributed by atoms with Gasteiger partial charge in [-0.15, -0.1) is 0 Å². The lowest BCUT2D eigenvalue weighted by Gasteiger charge is -2.25. The number of nitrogens with zero attached hydrogens (tertiary/aromatic N) is 3. The van der Waals surface area contributed by atoms with Crippen molar-refractivity contribution in [3.8, 4) is 0 Å². The van der Waals surface area contributed by atoms with Crippen molar-refractivity contribution in [2.75, 3.05) is 39.3 Å². The molecule has 32 heavy (non-hydrogen) atoms. The maximum atomic E-state index is 13.0. The number of rotatable bonds is 9. The lowest BCUT2D eigenvalue weighted by atomic mass is 10.2. The van der Waals surface area contributed by atoms with Crippen molar-refractivity contribution in [1.29, 1.82) is 0 Å². The van der Waals surface area contributed by atoms with Crippen LogP contribution in [0.1, 0.15) is 36.3 Å². The van der Waals surface area contributed by atoms with E-state index in [-0.39, 0.29) is 17.9 Å². The molecule has 1 unspecified atom stereocenters. The maximum absolute atomic E-state index is 13.0. The minimum atomic E-state index is -0.0915. The summed E-state index contributed by atoms with van der Waals surface area (Å²) in [4.78, 5) is 30.9. The van der Waals surface area contributed by atoms with Crippen molar-refractivity contribution in [3.63, 3.8) is 0 Å². The Morgan fingerprint density at radius 2 is 1.81 bits per heavy atom. The number of carbonyl (C=O) groups excluding carboxylic acids is 2. The quantitative estimate of drug-likeness (QED) is 0.601. The average Bonchev–Trinajstić information content (AvgIpc) is 3.35. The zero-order chi connectivity index (χ0) is 22.3. The highest BCUT2D eigenvalue weighted by atomic mass is 16.5. The van der Waals surface area contributed by atoms with Crippen LogP contribution in [-0.2, 0) is 27.5 Å². The number of amides is 2. The number of benzene rings is 1. The molecule has 0 spiro atoms. The Labute approximate surface area is 189 Å². The molecule has 4 rings (SSSR count). The highest BCUT2D eigenvalue weighted by Gasteiger charge is 2.29. The first-order valence-corrected chi connectivity index (χ1v) is 11.6. The largest absolute Gasteiger partial charge is 0.465 e. The van der Waals surface area contributed by atoms with E-state index in [1.54, 1.807) is 0 Å². The van der Waals surface area contributed by atoms with Gasteiger partial charge in [0.25, 0.3) is 0 Å². The van der Waals surface area contributed by atoms with E-state index < -0.39 is 0 Å². The second-order valence-electron chi connectivity index (χ2n) is 8.78. The van der Waals surface area contributed by atoms with Gasteiger partial charge in [0.1, 0.15) is 11.5 Å². The van der Waals surface area contributed by atoms with Crippen LogP contribution in [0.4, 0.5) is 0 Å². The van der Waals surface area contributed by atoms with E-state index in [9.17, 15) is 9.59 Å². The predicted octanol–water partition coefficient (Wildman–Crippen LogP) is 2.83. The Morgan fingerprint density at radius 1 is 1.00 bits per heavy atom. The van der Waals surface area contributed by atoms with Gasteiger partial charge >= 0.3 is 0 Å². The Hall–Kier alpha value is -2.64. The summed E-state index contributed by atoms with van der Waals surface area (Å²) in [6, 6.07) is 14.0. The van der Waals surface area contributed by atoms with Gasteiger partial charge < -0.3 is 19.0 Å². The van der Waals surface area contributed by atoms with Gasteiger partial charge in [-0.1, -0.05) is 30.3 Å². The fourth-order valence-corrected chi connectivity index (χ4v) is 4.46. The molecule has 3 heterocycles. The molecule has 1 aromatic heterocycles. The monoisotopic (exact) mass is 439 g/mol. The first-order chi connectivity index (χ1) is 15.6. The zero-order valence-electron chi connectivity index (χ0n) is 18.9. The molecule has 0 saturated carbocycles. The summed E-state index contributed by atoms with van der Waals surface area (Å²) >= 11 is 0. The summed E-state index contributed by atoms with van der Waals surface area (Å²) in [5, 5.41) is 0. The normalized spacial score (nSPS) is 20.2. The number of ether oxygens (including phenoxy) is 1. The van der Waals surface area contributed by atoms with Gasteiger partial charge in [0.05, 0.1) is 25.8 Å². The third-order valence-electron chi connectivity index (χ3n) is 6.13. The predicted molar refractivity (Wildman–Crippen MR) is 121 cm³/mol. The molecule has 2 aromatic rings. The van der Waals surface area contributed by atoms with Crippen LogP contribution in [-0.4, -0.2) is 71.9 Å². The topological polar surface area (TPSA) is 66.2 Å². The number of carbonyl (C=O) groups is 2. The molecule has 7 heteroatoms. The van der Waals surface area contributed by atoms with E-state index in [1.165, 1.54) is 0 Å². The standard InChI is InChI=1S/C25H33N3O4/c1-20-10-11-22(32-20)15-26-16-23(31-19-21-7-3-2-4-8-21)17-28(25(30)18-26)14-6-13-27-12-5-9-24(27)29/h2-4,7-8,10-11,23H,5-6,9,12-19H2,1H3. The maximum Gasteiger partial charge on any atom is 0.236 e. The van der Waals surface area contributed by atoms with Gasteiger partial charge in [0.15, 0.2) is 0 Å². The van der Waals surface area contributed by atoms with E-state index in [1.807, 2.05) is 47.1 Å². The van der Waals surface area contributed by atoms with E-state index in [4.69, 9.17) is 9.15 Å². The van der Waals surface area contributed by atoms with E-state index >= 15 is 0 Å². The summed E-state index contributed by atoms with van der Waals surface area (Å²) in [5.74, 6) is 2.07. The molecule has 2 aliphatic rings. The van der Waals surface area contributed by atoms with Crippen molar-refractivity contribution >= 4 is 11.8 Å². The van der Waals surface area contributed by atoms with Gasteiger partial charge in [-0.2, -0.15) is 0 Å². The van der Waals surface area contributed by atoms with Crippen LogP contribution in [0.5, 0.6) is 0 Å². The summed E-state index contributed by atoms with van der Waals surface area (Å²) in [7, 11) is 0. The zero-order valence-corrected chi connectivity index (χ0v) is 18.9. The van der Waals surface area contributed by atoms with Gasteiger partial charge in [0.2, 0.25) is 11.8 Å². The van der Waals surface area contributed by atoms with Crippen LogP contribution in [0.25, 0.3) is 0 Å². The lowest BCUT2D eigenvalue weighted by molar-refractivity contribution is -0.132. The van der Waals surface area contributed by atoms with Crippen molar-refractivity contribution in [2.45, 2.75) is 45.4 Å². The number of likely N-dealkylation sites (tertiary alicyclic amines) is 1. The van der Waals surface area contributed by atoms with E-state index in [2.05, 4.69) is 17.0 Å². The van der Waals surface area contributed by atoms with Crippen LogP contribution < -0.4 is 0 Å².